The molecule has 0 saturated carbocycles. The highest BCUT2D eigenvalue weighted by Crippen LogP contribution is 2.09. The van der Waals surface area contributed by atoms with Gasteiger partial charge in [0.1, 0.15) is 5.82 Å². The molecule has 0 aliphatic rings. The summed E-state index contributed by atoms with van der Waals surface area (Å²) in [6.07, 6.45) is 1.48. The molecule has 0 atom stereocenters. The Balaban J connectivity index is 1.84. The zero-order valence-corrected chi connectivity index (χ0v) is 10.3. The second-order valence-corrected chi connectivity index (χ2v) is 4.09. The van der Waals surface area contributed by atoms with Crippen molar-refractivity contribution in [3.05, 3.63) is 59.2 Å². The van der Waals surface area contributed by atoms with Crippen LogP contribution in [0, 0.1) is 0 Å². The summed E-state index contributed by atoms with van der Waals surface area (Å²) in [7, 11) is 0. The Hall–Kier alpha value is -2.07. The smallest absolute Gasteiger partial charge is 0.320 e. The van der Waals surface area contributed by atoms with Crippen molar-refractivity contribution in [2.24, 2.45) is 0 Å². The molecule has 0 aliphatic heterocycles. The highest BCUT2D eigenvalue weighted by Gasteiger charge is 2.02. The zero-order chi connectivity index (χ0) is 12.8. The van der Waals surface area contributed by atoms with Gasteiger partial charge in [0.2, 0.25) is 0 Å². The van der Waals surface area contributed by atoms with E-state index < -0.39 is 0 Å². The molecule has 0 fully saturated rings. The molecule has 0 unspecified atom stereocenters. The first kappa shape index (κ1) is 12.4. The van der Waals surface area contributed by atoms with Crippen LogP contribution in [0.4, 0.5) is 10.6 Å². The second-order valence-electron chi connectivity index (χ2n) is 3.65. The number of carbonyl (C=O) groups is 1. The van der Waals surface area contributed by atoms with Gasteiger partial charge in [-0.05, 0) is 17.7 Å². The topological polar surface area (TPSA) is 54.0 Å². The number of aromatic nitrogens is 1. The van der Waals surface area contributed by atoms with Crippen molar-refractivity contribution < 1.29 is 4.79 Å². The SMILES string of the molecule is O=C(NCc1ccccc1)Nc1ccc(Cl)cn1. The minimum absolute atomic E-state index is 0.298. The molecule has 0 aliphatic carbocycles. The molecule has 0 spiro atoms. The molecule has 2 N–H and O–H groups in total. The van der Waals surface area contributed by atoms with Crippen LogP contribution < -0.4 is 10.6 Å². The molecular formula is C13H12ClN3O. The number of pyridine rings is 1. The third-order valence-corrected chi connectivity index (χ3v) is 2.49. The van der Waals surface area contributed by atoms with E-state index in [1.54, 1.807) is 12.1 Å². The molecular weight excluding hydrogens is 250 g/mol. The van der Waals surface area contributed by atoms with Gasteiger partial charge in [-0.15, -0.1) is 0 Å². The Kier molecular flexibility index (Phi) is 4.15. The molecule has 4 nitrogen and oxygen atoms in total. The Bertz CT molecular complexity index is 514. The monoisotopic (exact) mass is 261 g/mol. The fourth-order valence-electron chi connectivity index (χ4n) is 1.39. The Morgan fingerprint density at radius 2 is 1.94 bits per heavy atom. The fraction of sp³-hybridized carbons (Fsp3) is 0.0769. The van der Waals surface area contributed by atoms with Gasteiger partial charge in [0.05, 0.1) is 5.02 Å². The fourth-order valence-corrected chi connectivity index (χ4v) is 1.50. The Morgan fingerprint density at radius 1 is 1.17 bits per heavy atom. The number of rotatable bonds is 3. The summed E-state index contributed by atoms with van der Waals surface area (Å²) in [6, 6.07) is 12.7. The van der Waals surface area contributed by atoms with Gasteiger partial charge >= 0.3 is 6.03 Å². The lowest BCUT2D eigenvalue weighted by atomic mass is 10.2. The van der Waals surface area contributed by atoms with Crippen molar-refractivity contribution in [1.82, 2.24) is 10.3 Å². The number of anilines is 1. The van der Waals surface area contributed by atoms with Crippen molar-refractivity contribution in [3.8, 4) is 0 Å². The average molecular weight is 262 g/mol. The van der Waals surface area contributed by atoms with Crippen molar-refractivity contribution in [2.45, 2.75) is 6.54 Å². The molecule has 2 aromatic rings. The second kappa shape index (κ2) is 6.02. The number of hydrogen-bond donors (Lipinski definition) is 2. The normalized spacial score (nSPS) is 9.83. The summed E-state index contributed by atoms with van der Waals surface area (Å²) in [5.41, 5.74) is 1.04. The minimum atomic E-state index is -0.298. The van der Waals surface area contributed by atoms with Gasteiger partial charge in [-0.3, -0.25) is 5.32 Å². The first-order valence-corrected chi connectivity index (χ1v) is 5.82. The first-order valence-electron chi connectivity index (χ1n) is 5.44. The summed E-state index contributed by atoms with van der Waals surface area (Å²) in [5.74, 6) is 0.463. The molecule has 0 bridgehead atoms. The lowest BCUT2D eigenvalue weighted by molar-refractivity contribution is 0.251. The van der Waals surface area contributed by atoms with Gasteiger partial charge in [-0.25, -0.2) is 9.78 Å². The number of urea groups is 1. The summed E-state index contributed by atoms with van der Waals surface area (Å²) in [4.78, 5) is 15.5. The van der Waals surface area contributed by atoms with Crippen LogP contribution in [0.5, 0.6) is 0 Å². The Labute approximate surface area is 110 Å². The minimum Gasteiger partial charge on any atom is -0.334 e. The summed E-state index contributed by atoms with van der Waals surface area (Å²) >= 11 is 5.70. The van der Waals surface area contributed by atoms with Crippen LogP contribution >= 0.6 is 11.6 Å². The van der Waals surface area contributed by atoms with Crippen LogP contribution in [-0.4, -0.2) is 11.0 Å². The number of benzene rings is 1. The highest BCUT2D eigenvalue weighted by atomic mass is 35.5. The molecule has 2 rings (SSSR count). The van der Waals surface area contributed by atoms with Crippen molar-refractivity contribution in [1.29, 1.82) is 0 Å². The van der Waals surface area contributed by atoms with E-state index in [2.05, 4.69) is 15.6 Å². The number of nitrogens with zero attached hydrogens (tertiary/aromatic N) is 1. The number of carbonyl (C=O) groups excluding carboxylic acids is 1. The number of nitrogens with one attached hydrogen (secondary N) is 2. The van der Waals surface area contributed by atoms with E-state index in [0.717, 1.165) is 5.56 Å². The quantitative estimate of drug-likeness (QED) is 0.892. The molecule has 0 saturated heterocycles. The van der Waals surface area contributed by atoms with Crippen LogP contribution in [0.3, 0.4) is 0 Å². The molecule has 18 heavy (non-hydrogen) atoms. The van der Waals surface area contributed by atoms with Gasteiger partial charge in [0.25, 0.3) is 0 Å². The van der Waals surface area contributed by atoms with Crippen LogP contribution in [0.25, 0.3) is 0 Å². The molecule has 1 aromatic carbocycles. The summed E-state index contributed by atoms with van der Waals surface area (Å²) in [6.45, 7) is 0.472. The van der Waals surface area contributed by atoms with Crippen LogP contribution in [0.2, 0.25) is 5.02 Å². The molecule has 1 aromatic heterocycles. The third-order valence-electron chi connectivity index (χ3n) is 2.26. The number of hydrogen-bond acceptors (Lipinski definition) is 2. The van der Waals surface area contributed by atoms with Gasteiger partial charge in [0.15, 0.2) is 0 Å². The van der Waals surface area contributed by atoms with E-state index in [1.165, 1.54) is 6.20 Å². The van der Waals surface area contributed by atoms with E-state index >= 15 is 0 Å². The van der Waals surface area contributed by atoms with Gasteiger partial charge in [-0.2, -0.15) is 0 Å². The summed E-state index contributed by atoms with van der Waals surface area (Å²) in [5, 5.41) is 5.89. The van der Waals surface area contributed by atoms with Gasteiger partial charge < -0.3 is 5.32 Å². The third kappa shape index (κ3) is 3.75. The lowest BCUT2D eigenvalue weighted by Gasteiger charge is -2.06. The van der Waals surface area contributed by atoms with Gasteiger partial charge in [-0.1, -0.05) is 41.9 Å². The predicted octanol–water partition coefficient (Wildman–Crippen LogP) is 3.06. The lowest BCUT2D eigenvalue weighted by Crippen LogP contribution is -2.28. The van der Waals surface area contributed by atoms with E-state index in [9.17, 15) is 4.79 Å². The van der Waals surface area contributed by atoms with Crippen molar-refractivity contribution in [3.63, 3.8) is 0 Å². The van der Waals surface area contributed by atoms with Crippen LogP contribution in [0.1, 0.15) is 5.56 Å². The van der Waals surface area contributed by atoms with E-state index in [1.807, 2.05) is 30.3 Å². The standard InChI is InChI=1S/C13H12ClN3O/c14-11-6-7-12(15-9-11)17-13(18)16-8-10-4-2-1-3-5-10/h1-7,9H,8H2,(H2,15,16,17,18). The highest BCUT2D eigenvalue weighted by molar-refractivity contribution is 6.30. The van der Waals surface area contributed by atoms with Crippen molar-refractivity contribution in [2.75, 3.05) is 5.32 Å². The zero-order valence-electron chi connectivity index (χ0n) is 9.56. The maximum Gasteiger partial charge on any atom is 0.320 e. The molecule has 0 radical (unpaired) electrons. The maximum absolute atomic E-state index is 11.6. The molecule has 1 heterocycles. The van der Waals surface area contributed by atoms with E-state index in [4.69, 9.17) is 11.6 Å². The molecule has 5 heteroatoms. The Morgan fingerprint density at radius 3 is 2.61 bits per heavy atom. The molecule has 92 valence electrons. The van der Waals surface area contributed by atoms with E-state index in [0.29, 0.717) is 17.4 Å². The van der Waals surface area contributed by atoms with E-state index in [-0.39, 0.29) is 6.03 Å². The molecule has 2 amide bonds. The van der Waals surface area contributed by atoms with Crippen LogP contribution in [-0.2, 0) is 6.54 Å². The number of amides is 2. The van der Waals surface area contributed by atoms with Crippen molar-refractivity contribution >= 4 is 23.4 Å². The number of halogens is 1. The average Bonchev–Trinajstić information content (AvgIpc) is 2.40. The largest absolute Gasteiger partial charge is 0.334 e. The summed E-state index contributed by atoms with van der Waals surface area (Å²) < 4.78 is 0. The first-order chi connectivity index (χ1) is 8.74. The van der Waals surface area contributed by atoms with Crippen LogP contribution in [0.15, 0.2) is 48.7 Å². The van der Waals surface area contributed by atoms with Gasteiger partial charge in [0, 0.05) is 12.7 Å². The maximum atomic E-state index is 11.6. The predicted molar refractivity (Wildman–Crippen MR) is 71.5 cm³/mol.